The summed E-state index contributed by atoms with van der Waals surface area (Å²) in [5.74, 6) is 2.53. The molecule has 0 heterocycles. The number of fused-ring (bicyclic) bond motifs is 2. The Balaban J connectivity index is 1.71. The number of anilines is 1. The van der Waals surface area contributed by atoms with Crippen molar-refractivity contribution < 1.29 is 9.53 Å². The Bertz CT molecular complexity index is 458. The molecule has 3 rings (SSSR count). The maximum atomic E-state index is 12.3. The molecule has 3 atom stereocenters. The van der Waals surface area contributed by atoms with E-state index in [1.165, 1.54) is 19.3 Å². The number of hydrogen-bond donors (Lipinski definition) is 1. The highest BCUT2D eigenvalue weighted by atomic mass is 16.5. The van der Waals surface area contributed by atoms with Gasteiger partial charge in [0.2, 0.25) is 5.91 Å². The molecule has 1 N–H and O–H groups in total. The van der Waals surface area contributed by atoms with E-state index < -0.39 is 0 Å². The maximum absolute atomic E-state index is 12.3. The van der Waals surface area contributed by atoms with E-state index in [1.54, 1.807) is 7.11 Å². The highest BCUT2D eigenvalue weighted by molar-refractivity contribution is 5.94. The zero-order valence-electron chi connectivity index (χ0n) is 10.7. The number of amides is 1. The number of rotatable bonds is 3. The third-order valence-electron chi connectivity index (χ3n) is 4.44. The van der Waals surface area contributed by atoms with Crippen molar-refractivity contribution in [3.05, 3.63) is 24.3 Å². The zero-order valence-corrected chi connectivity index (χ0v) is 10.7. The summed E-state index contributed by atoms with van der Waals surface area (Å²) in [4.78, 5) is 12.3. The van der Waals surface area contributed by atoms with Crippen LogP contribution in [0.15, 0.2) is 24.3 Å². The topological polar surface area (TPSA) is 38.3 Å². The van der Waals surface area contributed by atoms with Gasteiger partial charge in [-0.25, -0.2) is 0 Å². The third kappa shape index (κ3) is 1.98. The lowest BCUT2D eigenvalue weighted by atomic mass is 9.88. The molecule has 2 saturated carbocycles. The van der Waals surface area contributed by atoms with Gasteiger partial charge in [0.15, 0.2) is 0 Å². The summed E-state index contributed by atoms with van der Waals surface area (Å²) in [6.07, 6.45) is 4.88. The van der Waals surface area contributed by atoms with Crippen LogP contribution >= 0.6 is 0 Å². The monoisotopic (exact) mass is 245 g/mol. The lowest BCUT2D eigenvalue weighted by molar-refractivity contribution is -0.121. The summed E-state index contributed by atoms with van der Waals surface area (Å²) >= 11 is 0. The van der Waals surface area contributed by atoms with E-state index in [1.807, 2.05) is 24.3 Å². The minimum Gasteiger partial charge on any atom is -0.495 e. The van der Waals surface area contributed by atoms with Crippen LogP contribution in [0.4, 0.5) is 5.69 Å². The molecule has 18 heavy (non-hydrogen) atoms. The van der Waals surface area contributed by atoms with Gasteiger partial charge in [0, 0.05) is 5.92 Å². The molecule has 0 unspecified atom stereocenters. The predicted molar refractivity (Wildman–Crippen MR) is 70.6 cm³/mol. The standard InChI is InChI=1S/C15H19NO2/c1-18-14-5-3-2-4-13(14)16-15(17)12-9-10-6-7-11(12)8-10/h2-5,10-12H,6-9H2,1H3,(H,16,17)/t10-,11-,12-/m0/s1. The van der Waals surface area contributed by atoms with Crippen molar-refractivity contribution in [1.29, 1.82) is 0 Å². The van der Waals surface area contributed by atoms with Gasteiger partial charge in [-0.3, -0.25) is 4.79 Å². The average molecular weight is 245 g/mol. The SMILES string of the molecule is COc1ccccc1NC(=O)[C@H]1C[C@H]2CC[C@H]1C2. The van der Waals surface area contributed by atoms with E-state index in [0.717, 1.165) is 23.8 Å². The first-order valence-corrected chi connectivity index (χ1v) is 6.72. The molecule has 2 aliphatic carbocycles. The normalized spacial score (nSPS) is 29.3. The van der Waals surface area contributed by atoms with Crippen LogP contribution in [0.25, 0.3) is 0 Å². The van der Waals surface area contributed by atoms with E-state index in [9.17, 15) is 4.79 Å². The van der Waals surface area contributed by atoms with Gasteiger partial charge >= 0.3 is 0 Å². The van der Waals surface area contributed by atoms with Crippen LogP contribution < -0.4 is 10.1 Å². The Hall–Kier alpha value is -1.51. The van der Waals surface area contributed by atoms with Crippen LogP contribution in [0, 0.1) is 17.8 Å². The van der Waals surface area contributed by atoms with Crippen molar-refractivity contribution in [2.45, 2.75) is 25.7 Å². The van der Waals surface area contributed by atoms with Gasteiger partial charge in [0.1, 0.15) is 5.75 Å². The van der Waals surface area contributed by atoms with Crippen LogP contribution in [0.5, 0.6) is 5.75 Å². The van der Waals surface area contributed by atoms with Gasteiger partial charge in [0.05, 0.1) is 12.8 Å². The molecule has 96 valence electrons. The number of methoxy groups -OCH3 is 1. The Morgan fingerprint density at radius 2 is 2.11 bits per heavy atom. The summed E-state index contributed by atoms with van der Waals surface area (Å²) in [6.45, 7) is 0. The van der Waals surface area contributed by atoms with E-state index in [-0.39, 0.29) is 11.8 Å². The summed E-state index contributed by atoms with van der Waals surface area (Å²) in [5, 5.41) is 3.02. The van der Waals surface area contributed by atoms with Gasteiger partial charge in [-0.15, -0.1) is 0 Å². The first-order chi connectivity index (χ1) is 8.78. The molecule has 1 aromatic rings. The second kappa shape index (κ2) is 4.63. The first kappa shape index (κ1) is 11.6. The largest absolute Gasteiger partial charge is 0.495 e. The summed E-state index contributed by atoms with van der Waals surface area (Å²) in [6, 6.07) is 7.59. The molecule has 2 fully saturated rings. The van der Waals surface area contributed by atoms with Crippen molar-refractivity contribution in [2.24, 2.45) is 17.8 Å². The van der Waals surface area contributed by atoms with E-state index >= 15 is 0 Å². The fourth-order valence-electron chi connectivity index (χ4n) is 3.54. The number of benzene rings is 1. The number of hydrogen-bond acceptors (Lipinski definition) is 2. The fraction of sp³-hybridized carbons (Fsp3) is 0.533. The number of carbonyl (C=O) groups is 1. The minimum atomic E-state index is 0.173. The van der Waals surface area contributed by atoms with Crippen molar-refractivity contribution in [3.8, 4) is 5.75 Å². The fourth-order valence-corrected chi connectivity index (χ4v) is 3.54. The average Bonchev–Trinajstić information content (AvgIpc) is 3.01. The van der Waals surface area contributed by atoms with Crippen molar-refractivity contribution in [3.63, 3.8) is 0 Å². The van der Waals surface area contributed by atoms with Crippen molar-refractivity contribution in [1.82, 2.24) is 0 Å². The Kier molecular flexibility index (Phi) is 2.98. The summed E-state index contributed by atoms with van der Waals surface area (Å²) < 4.78 is 5.26. The van der Waals surface area contributed by atoms with Gasteiger partial charge in [-0.05, 0) is 43.2 Å². The molecule has 1 amide bonds. The molecule has 0 aromatic heterocycles. The van der Waals surface area contributed by atoms with Gasteiger partial charge in [0.25, 0.3) is 0 Å². The lowest BCUT2D eigenvalue weighted by Crippen LogP contribution is -2.27. The minimum absolute atomic E-state index is 0.173. The molecule has 3 heteroatoms. The number of carbonyl (C=O) groups excluding carboxylic acids is 1. The highest BCUT2D eigenvalue weighted by Gasteiger charge is 2.43. The van der Waals surface area contributed by atoms with Gasteiger partial charge in [-0.2, -0.15) is 0 Å². The molecule has 0 saturated heterocycles. The first-order valence-electron chi connectivity index (χ1n) is 6.72. The quantitative estimate of drug-likeness (QED) is 0.888. The van der Waals surface area contributed by atoms with Crippen molar-refractivity contribution in [2.75, 3.05) is 12.4 Å². The lowest BCUT2D eigenvalue weighted by Gasteiger charge is -2.21. The zero-order chi connectivity index (χ0) is 12.5. The second-order valence-corrected chi connectivity index (χ2v) is 5.47. The smallest absolute Gasteiger partial charge is 0.227 e. The molecular weight excluding hydrogens is 226 g/mol. The molecule has 1 aromatic carbocycles. The predicted octanol–water partition coefficient (Wildman–Crippen LogP) is 3.07. The second-order valence-electron chi connectivity index (χ2n) is 5.47. The molecule has 2 bridgehead atoms. The van der Waals surface area contributed by atoms with Crippen molar-refractivity contribution >= 4 is 11.6 Å². The maximum Gasteiger partial charge on any atom is 0.227 e. The van der Waals surface area contributed by atoms with E-state index in [4.69, 9.17) is 4.74 Å². The van der Waals surface area contributed by atoms with Crippen LogP contribution in [0.2, 0.25) is 0 Å². The van der Waals surface area contributed by atoms with E-state index in [2.05, 4.69) is 5.32 Å². The Labute approximate surface area is 108 Å². The Morgan fingerprint density at radius 1 is 1.28 bits per heavy atom. The number of ether oxygens (including phenoxy) is 1. The molecule has 2 aliphatic rings. The van der Waals surface area contributed by atoms with Gasteiger partial charge < -0.3 is 10.1 Å². The summed E-state index contributed by atoms with van der Waals surface area (Å²) in [7, 11) is 1.63. The molecule has 0 radical (unpaired) electrons. The van der Waals surface area contributed by atoms with Crippen LogP contribution in [0.1, 0.15) is 25.7 Å². The Morgan fingerprint density at radius 3 is 2.78 bits per heavy atom. The molecule has 3 nitrogen and oxygen atoms in total. The highest BCUT2D eigenvalue weighted by Crippen LogP contribution is 2.48. The molecule has 0 aliphatic heterocycles. The molecule has 0 spiro atoms. The summed E-state index contributed by atoms with van der Waals surface area (Å²) in [5.41, 5.74) is 0.785. The number of nitrogens with one attached hydrogen (secondary N) is 1. The third-order valence-corrected chi connectivity index (χ3v) is 4.44. The van der Waals surface area contributed by atoms with Crippen LogP contribution in [-0.2, 0) is 4.79 Å². The van der Waals surface area contributed by atoms with Gasteiger partial charge in [-0.1, -0.05) is 18.6 Å². The van der Waals surface area contributed by atoms with Crippen LogP contribution in [0.3, 0.4) is 0 Å². The molecular formula is C15H19NO2. The number of para-hydroxylation sites is 2. The van der Waals surface area contributed by atoms with Crippen LogP contribution in [-0.4, -0.2) is 13.0 Å². The van der Waals surface area contributed by atoms with E-state index in [0.29, 0.717) is 5.92 Å².